The molecule has 0 amide bonds. The van der Waals surface area contributed by atoms with Gasteiger partial charge >= 0.3 is 0 Å². The zero-order valence-electron chi connectivity index (χ0n) is 9.63. The first kappa shape index (κ1) is 14.6. The minimum Gasteiger partial charge on any atom is -0.394 e. The van der Waals surface area contributed by atoms with E-state index in [1.807, 2.05) is 30.5 Å². The Morgan fingerprint density at radius 2 is 2.00 bits per heavy atom. The summed E-state index contributed by atoms with van der Waals surface area (Å²) in [5.74, 6) is 0.758. The summed E-state index contributed by atoms with van der Waals surface area (Å²) in [6.07, 6.45) is 1.25. The highest BCUT2D eigenvalue weighted by molar-refractivity contribution is 8.00. The summed E-state index contributed by atoms with van der Waals surface area (Å²) in [7, 11) is 0. The molecule has 17 heavy (non-hydrogen) atoms. The maximum Gasteiger partial charge on any atom is 0.172 e. The van der Waals surface area contributed by atoms with Crippen LogP contribution in [0, 0.1) is 0 Å². The molecule has 1 unspecified atom stereocenters. The standard InChI is InChI=1S/C12H16O3S2/c1-16-11-4-2-9(3-5-11)12(15)8-17-7-10(14)6-13/h2-5,10,13-14H,6-8H2,1H3. The molecule has 5 heteroatoms. The van der Waals surface area contributed by atoms with Crippen molar-refractivity contribution >= 4 is 29.3 Å². The third-order valence-corrected chi connectivity index (χ3v) is 4.00. The van der Waals surface area contributed by atoms with Crippen molar-refractivity contribution in [3.8, 4) is 0 Å². The third-order valence-electron chi connectivity index (χ3n) is 2.17. The number of thioether (sulfide) groups is 2. The number of aliphatic hydroxyl groups is 2. The molecule has 0 saturated heterocycles. The lowest BCUT2D eigenvalue weighted by Gasteiger charge is -2.06. The van der Waals surface area contributed by atoms with E-state index in [4.69, 9.17) is 10.2 Å². The predicted octanol–water partition coefficient (Wildman–Crippen LogP) is 1.68. The van der Waals surface area contributed by atoms with Gasteiger partial charge in [-0.05, 0) is 18.4 Å². The number of carbonyl (C=O) groups is 1. The smallest absolute Gasteiger partial charge is 0.172 e. The van der Waals surface area contributed by atoms with E-state index in [1.54, 1.807) is 11.8 Å². The second-order valence-corrected chi connectivity index (χ2v) is 5.41. The van der Waals surface area contributed by atoms with Gasteiger partial charge in [0, 0.05) is 16.2 Å². The van der Waals surface area contributed by atoms with Gasteiger partial charge in [-0.15, -0.1) is 11.8 Å². The summed E-state index contributed by atoms with van der Waals surface area (Å²) < 4.78 is 0. The first-order valence-corrected chi connectivity index (χ1v) is 7.59. The van der Waals surface area contributed by atoms with Crippen molar-refractivity contribution in [1.29, 1.82) is 0 Å². The van der Waals surface area contributed by atoms with Crippen molar-refractivity contribution in [3.05, 3.63) is 29.8 Å². The van der Waals surface area contributed by atoms with Crippen molar-refractivity contribution in [2.45, 2.75) is 11.0 Å². The van der Waals surface area contributed by atoms with E-state index in [9.17, 15) is 4.79 Å². The van der Waals surface area contributed by atoms with Crippen LogP contribution in [0.3, 0.4) is 0 Å². The quantitative estimate of drug-likeness (QED) is 0.584. The molecular formula is C12H16O3S2. The highest BCUT2D eigenvalue weighted by Gasteiger charge is 2.08. The van der Waals surface area contributed by atoms with E-state index in [2.05, 4.69) is 0 Å². The van der Waals surface area contributed by atoms with Crippen LogP contribution in [0.25, 0.3) is 0 Å². The zero-order chi connectivity index (χ0) is 12.7. The fraction of sp³-hybridized carbons (Fsp3) is 0.417. The highest BCUT2D eigenvalue weighted by Crippen LogP contribution is 2.16. The summed E-state index contributed by atoms with van der Waals surface area (Å²) in [6, 6.07) is 7.48. The summed E-state index contributed by atoms with van der Waals surface area (Å²) in [4.78, 5) is 12.9. The fourth-order valence-electron chi connectivity index (χ4n) is 1.20. The topological polar surface area (TPSA) is 57.5 Å². The van der Waals surface area contributed by atoms with Crippen LogP contribution in [0.2, 0.25) is 0 Å². The van der Waals surface area contributed by atoms with Crippen LogP contribution in [-0.4, -0.2) is 46.5 Å². The Balaban J connectivity index is 2.41. The van der Waals surface area contributed by atoms with E-state index >= 15 is 0 Å². The van der Waals surface area contributed by atoms with Crippen molar-refractivity contribution in [1.82, 2.24) is 0 Å². The van der Waals surface area contributed by atoms with Crippen LogP contribution in [0.15, 0.2) is 29.2 Å². The van der Waals surface area contributed by atoms with Gasteiger partial charge in [-0.3, -0.25) is 4.79 Å². The second kappa shape index (κ2) is 7.76. The molecule has 0 heterocycles. The third kappa shape index (κ3) is 5.12. The lowest BCUT2D eigenvalue weighted by Crippen LogP contribution is -2.16. The SMILES string of the molecule is CSc1ccc(C(=O)CSCC(O)CO)cc1. The molecule has 2 N–H and O–H groups in total. The molecule has 0 fully saturated rings. The van der Waals surface area contributed by atoms with Gasteiger partial charge in [0.15, 0.2) is 5.78 Å². The molecule has 0 aromatic heterocycles. The number of rotatable bonds is 7. The summed E-state index contributed by atoms with van der Waals surface area (Å²) in [5, 5.41) is 17.7. The minimum atomic E-state index is -0.744. The van der Waals surface area contributed by atoms with Gasteiger partial charge in [-0.2, -0.15) is 11.8 Å². The van der Waals surface area contributed by atoms with Gasteiger partial charge in [0.05, 0.1) is 18.5 Å². The van der Waals surface area contributed by atoms with E-state index in [0.29, 0.717) is 17.1 Å². The second-order valence-electron chi connectivity index (χ2n) is 3.50. The van der Waals surface area contributed by atoms with Gasteiger partial charge in [-0.1, -0.05) is 12.1 Å². The Kier molecular flexibility index (Phi) is 6.65. The number of Topliss-reactive ketones (excluding diaryl/α,β-unsaturated/α-hetero) is 1. The normalized spacial score (nSPS) is 12.4. The molecule has 0 radical (unpaired) electrons. The molecule has 1 rings (SSSR count). The minimum absolute atomic E-state index is 0.0489. The Bertz CT molecular complexity index is 351. The average Bonchev–Trinajstić information content (AvgIpc) is 2.38. The molecule has 0 bridgehead atoms. The van der Waals surface area contributed by atoms with Crippen LogP contribution in [0.1, 0.15) is 10.4 Å². The summed E-state index contributed by atoms with van der Waals surface area (Å²) in [6.45, 7) is -0.260. The maximum atomic E-state index is 11.7. The van der Waals surface area contributed by atoms with Crippen LogP contribution in [-0.2, 0) is 0 Å². The van der Waals surface area contributed by atoms with Crippen molar-refractivity contribution in [2.24, 2.45) is 0 Å². The zero-order valence-corrected chi connectivity index (χ0v) is 11.3. The Morgan fingerprint density at radius 3 is 2.53 bits per heavy atom. The van der Waals surface area contributed by atoms with Crippen molar-refractivity contribution in [2.75, 3.05) is 24.4 Å². The monoisotopic (exact) mass is 272 g/mol. The fourth-order valence-corrected chi connectivity index (χ4v) is 2.46. The van der Waals surface area contributed by atoms with Crippen molar-refractivity contribution < 1.29 is 15.0 Å². The molecule has 0 aliphatic carbocycles. The molecule has 1 aromatic carbocycles. The van der Waals surface area contributed by atoms with E-state index < -0.39 is 6.10 Å². The van der Waals surface area contributed by atoms with E-state index in [-0.39, 0.29) is 12.4 Å². The number of hydrogen-bond donors (Lipinski definition) is 2. The summed E-state index contributed by atoms with van der Waals surface area (Å²) >= 11 is 2.97. The summed E-state index contributed by atoms with van der Waals surface area (Å²) in [5.41, 5.74) is 0.689. The first-order valence-electron chi connectivity index (χ1n) is 5.21. The highest BCUT2D eigenvalue weighted by atomic mass is 32.2. The molecule has 0 aliphatic rings. The van der Waals surface area contributed by atoms with Crippen LogP contribution < -0.4 is 0 Å². The largest absolute Gasteiger partial charge is 0.394 e. The lowest BCUT2D eigenvalue weighted by atomic mass is 10.1. The van der Waals surface area contributed by atoms with E-state index in [1.165, 1.54) is 11.8 Å². The Labute approximate surface area is 110 Å². The van der Waals surface area contributed by atoms with Crippen LogP contribution in [0.5, 0.6) is 0 Å². The molecule has 0 aliphatic heterocycles. The average molecular weight is 272 g/mol. The number of ketones is 1. The van der Waals surface area contributed by atoms with Crippen LogP contribution >= 0.6 is 23.5 Å². The lowest BCUT2D eigenvalue weighted by molar-refractivity contribution is 0.102. The number of hydrogen-bond acceptors (Lipinski definition) is 5. The molecule has 0 saturated carbocycles. The van der Waals surface area contributed by atoms with Gasteiger partial charge in [0.25, 0.3) is 0 Å². The van der Waals surface area contributed by atoms with Gasteiger partial charge in [-0.25, -0.2) is 0 Å². The maximum absolute atomic E-state index is 11.7. The van der Waals surface area contributed by atoms with Gasteiger partial charge in [0.2, 0.25) is 0 Å². The number of benzene rings is 1. The molecule has 1 aromatic rings. The van der Waals surface area contributed by atoms with Gasteiger partial charge < -0.3 is 10.2 Å². The van der Waals surface area contributed by atoms with Crippen LogP contribution in [0.4, 0.5) is 0 Å². The Hall–Kier alpha value is -0.490. The predicted molar refractivity (Wildman–Crippen MR) is 73.0 cm³/mol. The van der Waals surface area contributed by atoms with Gasteiger partial charge in [0.1, 0.15) is 0 Å². The number of aliphatic hydroxyl groups excluding tert-OH is 2. The number of carbonyl (C=O) groups excluding carboxylic acids is 1. The molecular weight excluding hydrogens is 256 g/mol. The molecule has 94 valence electrons. The molecule has 1 atom stereocenters. The molecule has 0 spiro atoms. The van der Waals surface area contributed by atoms with Crippen molar-refractivity contribution in [3.63, 3.8) is 0 Å². The molecule has 3 nitrogen and oxygen atoms in total. The first-order chi connectivity index (χ1) is 8.17. The van der Waals surface area contributed by atoms with E-state index in [0.717, 1.165) is 4.90 Å². The Morgan fingerprint density at radius 1 is 1.35 bits per heavy atom.